The molecule has 7 rings (SSSR count). The van der Waals surface area contributed by atoms with Crippen LogP contribution >= 0.6 is 0 Å². The van der Waals surface area contributed by atoms with Crippen LogP contribution in [0.4, 0.5) is 21.9 Å². The second-order valence-electron chi connectivity index (χ2n) is 12.5. The number of ether oxygens (including phenoxy) is 3. The fourth-order valence-corrected chi connectivity index (χ4v) is 6.32. The zero-order chi connectivity index (χ0) is 34.5. The van der Waals surface area contributed by atoms with E-state index in [4.69, 9.17) is 19.6 Å². The predicted molar refractivity (Wildman–Crippen MR) is 191 cm³/mol. The second-order valence-corrected chi connectivity index (χ2v) is 12.5. The van der Waals surface area contributed by atoms with E-state index in [2.05, 4.69) is 47.6 Å². The van der Waals surface area contributed by atoms with Crippen LogP contribution in [0.2, 0.25) is 0 Å². The molecule has 50 heavy (non-hydrogen) atoms. The van der Waals surface area contributed by atoms with E-state index in [1.165, 1.54) is 4.90 Å². The van der Waals surface area contributed by atoms with E-state index in [9.17, 15) is 4.79 Å². The van der Waals surface area contributed by atoms with Crippen molar-refractivity contribution in [1.29, 1.82) is 5.41 Å². The van der Waals surface area contributed by atoms with Gasteiger partial charge in [0.25, 0.3) is 0 Å². The minimum atomic E-state index is -1.14. The number of rotatable bonds is 12. The number of carbonyl (C=O) groups excluding carboxylic acids is 1. The lowest BCUT2D eigenvalue weighted by Gasteiger charge is -2.37. The highest BCUT2D eigenvalue weighted by molar-refractivity contribution is 6.06. The van der Waals surface area contributed by atoms with Crippen LogP contribution in [0.1, 0.15) is 26.0 Å². The number of H-pyrrole nitrogens is 1. The number of urea groups is 1. The maximum Gasteiger partial charge on any atom is 0.327 e. The van der Waals surface area contributed by atoms with Gasteiger partial charge in [0.05, 0.1) is 36.5 Å². The minimum absolute atomic E-state index is 0.0408. The third-order valence-electron chi connectivity index (χ3n) is 9.26. The summed E-state index contributed by atoms with van der Waals surface area (Å²) in [7, 11) is 0. The monoisotopic (exact) mass is 678 g/mol. The second kappa shape index (κ2) is 14.6. The summed E-state index contributed by atoms with van der Waals surface area (Å²) in [4.78, 5) is 20.2. The molecule has 4 heterocycles. The van der Waals surface area contributed by atoms with Crippen LogP contribution in [-0.4, -0.2) is 89.1 Å². The zero-order valence-corrected chi connectivity index (χ0v) is 28.2. The van der Waals surface area contributed by atoms with E-state index in [1.54, 1.807) is 17.2 Å². The largest absolute Gasteiger partial charge is 0.491 e. The number of nitrogens with zero attached hydrogens (tertiary/aromatic N) is 7. The summed E-state index contributed by atoms with van der Waals surface area (Å²) in [5.74, 6) is -0.382. The summed E-state index contributed by atoms with van der Waals surface area (Å²) >= 11 is 0. The Morgan fingerprint density at radius 2 is 1.70 bits per heavy atom. The summed E-state index contributed by atoms with van der Waals surface area (Å²) in [6.45, 7) is 8.34. The lowest BCUT2D eigenvalue weighted by molar-refractivity contribution is -0.194. The summed E-state index contributed by atoms with van der Waals surface area (Å²) in [6, 6.07) is 23.6. The molecule has 3 aromatic carbocycles. The summed E-state index contributed by atoms with van der Waals surface area (Å²) < 4.78 is 19.1. The molecule has 3 unspecified atom stereocenters. The van der Waals surface area contributed by atoms with Gasteiger partial charge in [0.2, 0.25) is 5.79 Å². The number of aromatic amines is 1. The topological polar surface area (TPSA) is 150 Å². The number of carbonyl (C=O) groups is 1. The van der Waals surface area contributed by atoms with Crippen molar-refractivity contribution in [3.05, 3.63) is 90.9 Å². The molecule has 14 heteroatoms. The first-order valence-corrected chi connectivity index (χ1v) is 17.0. The lowest BCUT2D eigenvalue weighted by Crippen LogP contribution is -2.46. The number of para-hydroxylation sites is 1. The van der Waals surface area contributed by atoms with Gasteiger partial charge in [-0.25, -0.2) is 4.79 Å². The zero-order valence-electron chi connectivity index (χ0n) is 28.2. The van der Waals surface area contributed by atoms with Gasteiger partial charge in [-0.2, -0.15) is 20.1 Å². The Morgan fingerprint density at radius 3 is 2.36 bits per heavy atom. The third kappa shape index (κ3) is 6.98. The van der Waals surface area contributed by atoms with Crippen LogP contribution in [0.3, 0.4) is 0 Å². The van der Waals surface area contributed by atoms with Gasteiger partial charge in [0, 0.05) is 49.0 Å². The van der Waals surface area contributed by atoms with Crippen LogP contribution < -0.4 is 24.8 Å². The van der Waals surface area contributed by atoms with Gasteiger partial charge in [-0.1, -0.05) is 25.1 Å². The van der Waals surface area contributed by atoms with Crippen LogP contribution in [0.15, 0.2) is 85.2 Å². The Morgan fingerprint density at radius 1 is 1.04 bits per heavy atom. The molecular weight excluding hydrogens is 636 g/mol. The number of anilines is 3. The molecule has 2 fully saturated rings. The van der Waals surface area contributed by atoms with Crippen molar-refractivity contribution in [1.82, 2.24) is 30.5 Å². The normalized spacial score (nSPS) is 19.8. The van der Waals surface area contributed by atoms with Crippen LogP contribution in [-0.2, 0) is 21.8 Å². The Hall–Kier alpha value is -5.47. The van der Waals surface area contributed by atoms with Gasteiger partial charge < -0.3 is 29.3 Å². The Kier molecular flexibility index (Phi) is 9.63. The van der Waals surface area contributed by atoms with E-state index >= 15 is 0 Å². The van der Waals surface area contributed by atoms with E-state index in [0.717, 1.165) is 72.7 Å². The maximum atomic E-state index is 12.6. The number of benzene rings is 3. The highest BCUT2D eigenvalue weighted by atomic mass is 16.8. The quantitative estimate of drug-likeness (QED) is 0.126. The van der Waals surface area contributed by atoms with Crippen molar-refractivity contribution in [3.63, 3.8) is 0 Å². The molecule has 260 valence electrons. The van der Waals surface area contributed by atoms with Crippen molar-refractivity contribution < 1.29 is 19.0 Å². The van der Waals surface area contributed by atoms with Gasteiger partial charge in [-0.15, -0.1) is 0 Å². The van der Waals surface area contributed by atoms with Gasteiger partial charge in [-0.05, 0) is 67.9 Å². The van der Waals surface area contributed by atoms with Gasteiger partial charge in [0.1, 0.15) is 30.7 Å². The Labute approximate surface area is 290 Å². The van der Waals surface area contributed by atoms with Crippen molar-refractivity contribution in [2.24, 2.45) is 0 Å². The molecular formula is C36H42N10O4. The van der Waals surface area contributed by atoms with E-state index < -0.39 is 5.79 Å². The standard InChI is InChI=1S/C36H42N10O4/c1-3-26(2)40-35(47)45(25-37)29-10-8-27(9-11-29)43-18-20-44(21-19-43)28-12-14-30(15-13-28)48-22-31-23-49-36(50-31,24-46-38-16-17-39-46)34-32-6-4-5-7-33(32)41-42-34/h4-17,25-26,31,37H,3,18-24H2,1-2H3,(H,40,47)(H,41,42). The molecule has 14 nitrogen and oxygen atoms in total. The van der Waals surface area contributed by atoms with E-state index in [0.29, 0.717) is 18.9 Å². The average molecular weight is 679 g/mol. The molecule has 5 aromatic rings. The molecule has 3 N–H and O–H groups in total. The third-order valence-corrected chi connectivity index (χ3v) is 9.26. The molecule has 0 saturated carbocycles. The highest BCUT2D eigenvalue weighted by Crippen LogP contribution is 2.38. The first-order valence-electron chi connectivity index (χ1n) is 17.0. The molecule has 2 aromatic heterocycles. The van der Waals surface area contributed by atoms with E-state index in [1.807, 2.05) is 74.5 Å². The van der Waals surface area contributed by atoms with Crippen LogP contribution in [0.5, 0.6) is 5.75 Å². The first kappa shape index (κ1) is 33.0. The predicted octanol–water partition coefficient (Wildman–Crippen LogP) is 4.75. The molecule has 2 amide bonds. The summed E-state index contributed by atoms with van der Waals surface area (Å²) in [5.41, 5.74) is 4.44. The van der Waals surface area contributed by atoms with Crippen molar-refractivity contribution in [2.75, 3.05) is 54.1 Å². The number of piperazine rings is 1. The van der Waals surface area contributed by atoms with Gasteiger partial charge in [0.15, 0.2) is 0 Å². The van der Waals surface area contributed by atoms with Gasteiger partial charge >= 0.3 is 6.03 Å². The van der Waals surface area contributed by atoms with Crippen molar-refractivity contribution in [3.8, 4) is 5.75 Å². The number of fused-ring (bicyclic) bond motifs is 1. The molecule has 0 bridgehead atoms. The first-order chi connectivity index (χ1) is 24.4. The van der Waals surface area contributed by atoms with Gasteiger partial charge in [-0.3, -0.25) is 15.4 Å². The minimum Gasteiger partial charge on any atom is -0.491 e. The SMILES string of the molecule is CCC(C)NC(=O)N(C=N)c1ccc(N2CCN(c3ccc(OCC4COC(Cn5nccn5)(c5[nH]nc6ccccc56)O4)cc3)CC2)cc1. The molecule has 3 atom stereocenters. The van der Waals surface area contributed by atoms with Crippen LogP contribution in [0.25, 0.3) is 10.9 Å². The van der Waals surface area contributed by atoms with Crippen molar-refractivity contribution in [2.45, 2.75) is 44.7 Å². The maximum absolute atomic E-state index is 12.6. The smallest absolute Gasteiger partial charge is 0.327 e. The molecule has 2 aliphatic rings. The summed E-state index contributed by atoms with van der Waals surface area (Å²) in [6.07, 6.45) is 4.82. The lowest BCUT2D eigenvalue weighted by atomic mass is 10.1. The number of hydrogen-bond donors (Lipinski definition) is 3. The number of nitrogens with one attached hydrogen (secondary N) is 3. The molecule has 0 aliphatic carbocycles. The average Bonchev–Trinajstić information content (AvgIpc) is 3.93. The number of hydrogen-bond acceptors (Lipinski definition) is 10. The van der Waals surface area contributed by atoms with E-state index in [-0.39, 0.29) is 24.7 Å². The van der Waals surface area contributed by atoms with Crippen LogP contribution in [0, 0.1) is 5.41 Å². The molecule has 2 aliphatic heterocycles. The fraction of sp³-hybridized carbons (Fsp3) is 0.361. The molecule has 0 radical (unpaired) electrons. The highest BCUT2D eigenvalue weighted by Gasteiger charge is 2.47. The summed E-state index contributed by atoms with van der Waals surface area (Å²) in [5, 5.41) is 27.7. The fourth-order valence-electron chi connectivity index (χ4n) is 6.32. The number of amides is 2. The van der Waals surface area contributed by atoms with Crippen molar-refractivity contribution >= 4 is 40.3 Å². The number of aromatic nitrogens is 5. The molecule has 2 saturated heterocycles. The Bertz CT molecular complexity index is 1870. The Balaban J connectivity index is 0.922. The molecule has 0 spiro atoms.